The maximum absolute atomic E-state index is 12.1. The van der Waals surface area contributed by atoms with E-state index < -0.39 is 50.2 Å². The van der Waals surface area contributed by atoms with E-state index in [1.54, 1.807) is 90.0 Å². The second-order valence-electron chi connectivity index (χ2n) is 20.6. The maximum Gasteiger partial charge on any atom is 0.214 e. The van der Waals surface area contributed by atoms with Gasteiger partial charge in [-0.15, -0.1) is 0 Å². The van der Waals surface area contributed by atoms with Gasteiger partial charge in [0.2, 0.25) is 10.0 Å². The van der Waals surface area contributed by atoms with Crippen molar-refractivity contribution in [1.29, 1.82) is 0 Å². The van der Waals surface area contributed by atoms with Crippen LogP contribution < -0.4 is 4.72 Å². The van der Waals surface area contributed by atoms with Crippen LogP contribution in [0.3, 0.4) is 0 Å². The van der Waals surface area contributed by atoms with E-state index in [0.717, 1.165) is 25.7 Å². The summed E-state index contributed by atoms with van der Waals surface area (Å²) in [6.07, 6.45) is 3.69. The molecular formula is C42H85NO11S4. The van der Waals surface area contributed by atoms with Crippen LogP contribution in [0.2, 0.25) is 0 Å². The van der Waals surface area contributed by atoms with E-state index in [1.807, 2.05) is 0 Å². The third kappa shape index (κ3) is 20.8. The fourth-order valence-corrected chi connectivity index (χ4v) is 10.7. The summed E-state index contributed by atoms with van der Waals surface area (Å²) in [5, 5.41) is -1.81. The van der Waals surface area contributed by atoms with E-state index in [1.165, 1.54) is 0 Å². The first-order chi connectivity index (χ1) is 25.6. The zero-order valence-electron chi connectivity index (χ0n) is 39.7. The van der Waals surface area contributed by atoms with Crippen LogP contribution in [0.25, 0.3) is 0 Å². The molecule has 2 rings (SSSR count). The van der Waals surface area contributed by atoms with Crippen molar-refractivity contribution in [2.45, 2.75) is 195 Å². The third-order valence-corrected chi connectivity index (χ3v) is 20.4. The highest BCUT2D eigenvalue weighted by Crippen LogP contribution is 2.42. The Balaban J connectivity index is 0. The second-order valence-corrected chi connectivity index (χ2v) is 31.2. The Labute approximate surface area is 356 Å². The molecule has 0 aromatic heterocycles. The topological polar surface area (TPSA) is 192 Å². The van der Waals surface area contributed by atoms with Crippen LogP contribution in [0.5, 0.6) is 0 Å². The molecule has 1 heterocycles. The van der Waals surface area contributed by atoms with Gasteiger partial charge in [0.1, 0.15) is 5.78 Å². The number of rotatable bonds is 13. The largest absolute Gasteiger partial charge is 0.380 e. The van der Waals surface area contributed by atoms with Gasteiger partial charge in [-0.2, -0.15) is 0 Å². The average molecular weight is 908 g/mol. The van der Waals surface area contributed by atoms with Crippen LogP contribution in [0.15, 0.2) is 0 Å². The zero-order valence-corrected chi connectivity index (χ0v) is 42.9. The minimum absolute atomic E-state index is 0.0122. The summed E-state index contributed by atoms with van der Waals surface area (Å²) in [5.74, 6) is 0.728. The molecule has 4 atom stereocenters. The Hall–Kier alpha value is -0.940. The summed E-state index contributed by atoms with van der Waals surface area (Å²) in [6.45, 7) is 36.3. The Kier molecular flexibility index (Phi) is 24.0. The predicted molar refractivity (Wildman–Crippen MR) is 241 cm³/mol. The lowest BCUT2D eigenvalue weighted by Gasteiger charge is -2.37. The standard InChI is InChI=1S/C12H24O3S.C12H24O2S.C9H19NO3S.C9H18O3S/c1-9(2)16(13,14)11-6-10(7-15-8-11)12(3,4)5;1-9(2)15(13,14)11-7-6-10(8-11)12(3,4)5;1-7(2)14(12,13)10-6-8(11)9(3,4)5;1-7(2)9(10)5-6-13(11,12)8(3)4/h9-11H,6-8H2,1-5H3;9-11H,6-8H2,1-5H3;7,10H,6H2,1-5H3;7-8H,5-6H2,1-4H3. The van der Waals surface area contributed by atoms with E-state index in [9.17, 15) is 43.3 Å². The van der Waals surface area contributed by atoms with Crippen LogP contribution in [-0.4, -0.2) is 102 Å². The molecule has 16 heteroatoms. The van der Waals surface area contributed by atoms with Crippen LogP contribution >= 0.6 is 0 Å². The molecule has 0 bridgehead atoms. The molecule has 12 nitrogen and oxygen atoms in total. The van der Waals surface area contributed by atoms with Crippen LogP contribution in [0.4, 0.5) is 0 Å². The van der Waals surface area contributed by atoms with E-state index in [0.29, 0.717) is 25.0 Å². The fourth-order valence-electron chi connectivity index (χ4n) is 5.79. The summed E-state index contributed by atoms with van der Waals surface area (Å²) in [6, 6.07) is 0. The Morgan fingerprint density at radius 1 is 0.586 bits per heavy atom. The number of sulfone groups is 3. The number of carbonyl (C=O) groups is 2. The van der Waals surface area contributed by atoms with Gasteiger partial charge < -0.3 is 4.74 Å². The minimum Gasteiger partial charge on any atom is -0.380 e. The number of hydrogen-bond acceptors (Lipinski definition) is 11. The van der Waals surface area contributed by atoms with Gasteiger partial charge in [-0.25, -0.2) is 38.4 Å². The molecule has 348 valence electrons. The van der Waals surface area contributed by atoms with Gasteiger partial charge in [-0.1, -0.05) is 76.2 Å². The second kappa shape index (κ2) is 23.5. The number of sulfonamides is 1. The molecule has 1 aliphatic heterocycles. The van der Waals surface area contributed by atoms with Crippen molar-refractivity contribution in [2.75, 3.05) is 25.5 Å². The fraction of sp³-hybridized carbons (Fsp3) is 0.952. The molecule has 4 unspecified atom stereocenters. The summed E-state index contributed by atoms with van der Waals surface area (Å²) in [4.78, 5) is 22.6. The van der Waals surface area contributed by atoms with Crippen LogP contribution in [0, 0.1) is 34.0 Å². The number of hydrogen-bond donors (Lipinski definition) is 1. The summed E-state index contributed by atoms with van der Waals surface area (Å²) in [5.41, 5.74) is -0.133. The molecular weight excluding hydrogens is 823 g/mol. The Bertz CT molecular complexity index is 1710. The molecule has 58 heavy (non-hydrogen) atoms. The molecule has 1 aliphatic carbocycles. The number of nitrogens with one attached hydrogen (secondary N) is 1. The van der Waals surface area contributed by atoms with E-state index in [4.69, 9.17) is 4.74 Å². The number of carbonyl (C=O) groups excluding carboxylic acids is 2. The van der Waals surface area contributed by atoms with Gasteiger partial charge in [0.05, 0.1) is 50.4 Å². The molecule has 1 saturated carbocycles. The van der Waals surface area contributed by atoms with Crippen molar-refractivity contribution in [3.63, 3.8) is 0 Å². The zero-order chi connectivity index (χ0) is 46.6. The molecule has 0 amide bonds. The summed E-state index contributed by atoms with van der Waals surface area (Å²) >= 11 is 0. The minimum atomic E-state index is -3.32. The molecule has 0 aromatic rings. The van der Waals surface area contributed by atoms with Crippen molar-refractivity contribution >= 4 is 51.1 Å². The monoisotopic (exact) mass is 908 g/mol. The number of ketones is 2. The van der Waals surface area contributed by atoms with Crippen LogP contribution in [-0.2, 0) is 53.9 Å². The molecule has 1 saturated heterocycles. The van der Waals surface area contributed by atoms with E-state index in [2.05, 4.69) is 46.3 Å². The third-order valence-electron chi connectivity index (χ3n) is 11.1. The first-order valence-corrected chi connectivity index (χ1v) is 27.4. The summed E-state index contributed by atoms with van der Waals surface area (Å²) in [7, 11) is -12.3. The molecule has 0 spiro atoms. The maximum atomic E-state index is 12.1. The quantitative estimate of drug-likeness (QED) is 0.191. The number of ether oxygens (including phenoxy) is 1. The Morgan fingerprint density at radius 2 is 1.02 bits per heavy atom. The lowest BCUT2D eigenvalue weighted by atomic mass is 9.78. The summed E-state index contributed by atoms with van der Waals surface area (Å²) < 4.78 is 101. The molecule has 2 fully saturated rings. The van der Waals surface area contributed by atoms with Gasteiger partial charge in [0.25, 0.3) is 0 Å². The van der Waals surface area contributed by atoms with Crippen molar-refractivity contribution in [3.8, 4) is 0 Å². The van der Waals surface area contributed by atoms with Gasteiger partial charge in [-0.05, 0) is 104 Å². The average Bonchev–Trinajstić information content (AvgIpc) is 3.58. The van der Waals surface area contributed by atoms with Crippen molar-refractivity contribution in [1.82, 2.24) is 4.72 Å². The molecule has 2 aliphatic rings. The highest BCUT2D eigenvalue weighted by Gasteiger charge is 2.40. The Morgan fingerprint density at radius 3 is 1.36 bits per heavy atom. The van der Waals surface area contributed by atoms with Gasteiger partial charge >= 0.3 is 0 Å². The van der Waals surface area contributed by atoms with E-state index >= 15 is 0 Å². The van der Waals surface area contributed by atoms with Gasteiger partial charge in [-0.3, -0.25) is 9.59 Å². The molecule has 0 radical (unpaired) electrons. The van der Waals surface area contributed by atoms with Crippen molar-refractivity contribution in [2.24, 2.45) is 34.0 Å². The van der Waals surface area contributed by atoms with Crippen LogP contribution in [0.1, 0.15) is 164 Å². The van der Waals surface area contributed by atoms with E-state index in [-0.39, 0.29) is 73.3 Å². The molecule has 0 aromatic carbocycles. The first-order valence-electron chi connectivity index (χ1n) is 20.9. The predicted octanol–water partition coefficient (Wildman–Crippen LogP) is 7.64. The lowest BCUT2D eigenvalue weighted by molar-refractivity contribution is -0.125. The first kappa shape index (κ1) is 59.2. The smallest absolute Gasteiger partial charge is 0.214 e. The highest BCUT2D eigenvalue weighted by atomic mass is 32.2. The SMILES string of the molecule is CC(C)C(=O)CCS(=O)(=O)C(C)C.CC(C)S(=O)(=O)C1CCC(C(C)(C)C)C1.CC(C)S(=O)(=O)C1COCC(C(C)(C)C)C1.CC(C)S(=O)(=O)NCC(=O)C(C)(C)C. The van der Waals surface area contributed by atoms with Crippen molar-refractivity contribution in [3.05, 3.63) is 0 Å². The van der Waals surface area contributed by atoms with Gasteiger partial charge in [0.15, 0.2) is 35.3 Å². The molecule has 1 N–H and O–H groups in total. The van der Waals surface area contributed by atoms with Crippen molar-refractivity contribution < 1.29 is 48.0 Å². The van der Waals surface area contributed by atoms with Gasteiger partial charge in [0, 0.05) is 24.4 Å². The lowest BCUT2D eigenvalue weighted by Crippen LogP contribution is -2.42. The highest BCUT2D eigenvalue weighted by molar-refractivity contribution is 7.93. The normalized spacial score (nSPS) is 21.2. The number of Topliss-reactive ketones (excluding diaryl/α,β-unsaturated/α-hetero) is 2.